The summed E-state index contributed by atoms with van der Waals surface area (Å²) in [5.74, 6) is 1.52. The third-order valence-electron chi connectivity index (χ3n) is 4.49. The van der Waals surface area contributed by atoms with Crippen LogP contribution < -0.4 is 5.73 Å². The van der Waals surface area contributed by atoms with E-state index in [1.807, 2.05) is 0 Å². The summed E-state index contributed by atoms with van der Waals surface area (Å²) in [6.45, 7) is 9.42. The van der Waals surface area contributed by atoms with E-state index in [-0.39, 0.29) is 0 Å². The first-order chi connectivity index (χ1) is 8.19. The largest absolute Gasteiger partial charge is 0.330 e. The number of hydrogen-bond donors (Lipinski definition) is 1. The molecule has 4 heteroatoms. The molecule has 0 amide bonds. The van der Waals surface area contributed by atoms with Crippen molar-refractivity contribution in [2.75, 3.05) is 66.5 Å². The van der Waals surface area contributed by atoms with Gasteiger partial charge in [0.25, 0.3) is 0 Å². The van der Waals surface area contributed by atoms with Gasteiger partial charge in [0.15, 0.2) is 0 Å². The average Bonchev–Trinajstić information content (AvgIpc) is 2.75. The zero-order valence-corrected chi connectivity index (χ0v) is 11.4. The fourth-order valence-electron chi connectivity index (χ4n) is 3.13. The molecule has 0 aromatic carbocycles. The standard InChI is InChI=1S/C13H28N4/c1-15-5-7-17(8-6-15)11-13(9-14)12-3-4-16(2)10-12/h12-13H,3-11,14H2,1-2H3. The summed E-state index contributed by atoms with van der Waals surface area (Å²) in [5, 5.41) is 0. The lowest BCUT2D eigenvalue weighted by Gasteiger charge is -2.35. The summed E-state index contributed by atoms with van der Waals surface area (Å²) >= 11 is 0. The second-order valence-corrected chi connectivity index (χ2v) is 5.91. The van der Waals surface area contributed by atoms with Gasteiger partial charge in [-0.3, -0.25) is 0 Å². The molecule has 0 saturated carbocycles. The monoisotopic (exact) mass is 240 g/mol. The minimum Gasteiger partial charge on any atom is -0.330 e. The number of likely N-dealkylation sites (N-methyl/N-ethyl adjacent to an activating group) is 1. The first-order valence-electron chi connectivity index (χ1n) is 6.98. The number of piperazine rings is 1. The SMILES string of the molecule is CN1CCN(CC(CN)C2CCN(C)C2)CC1. The fraction of sp³-hybridized carbons (Fsp3) is 1.00. The lowest BCUT2D eigenvalue weighted by atomic mass is 9.91. The maximum atomic E-state index is 5.99. The molecule has 2 unspecified atom stereocenters. The van der Waals surface area contributed by atoms with Crippen LogP contribution in [0.15, 0.2) is 0 Å². The van der Waals surface area contributed by atoms with Gasteiger partial charge in [-0.2, -0.15) is 0 Å². The molecule has 0 bridgehead atoms. The predicted molar refractivity (Wildman–Crippen MR) is 72.1 cm³/mol. The van der Waals surface area contributed by atoms with Crippen LogP contribution in [0.5, 0.6) is 0 Å². The van der Waals surface area contributed by atoms with Gasteiger partial charge in [-0.15, -0.1) is 0 Å². The molecule has 0 radical (unpaired) electrons. The van der Waals surface area contributed by atoms with Gasteiger partial charge in [-0.1, -0.05) is 0 Å². The molecule has 2 aliphatic heterocycles. The Morgan fingerprint density at radius 2 is 1.76 bits per heavy atom. The molecule has 2 saturated heterocycles. The number of nitrogens with zero attached hydrogens (tertiary/aromatic N) is 3. The normalized spacial score (nSPS) is 30.9. The Labute approximate surface area is 106 Å². The van der Waals surface area contributed by atoms with Crippen molar-refractivity contribution in [1.29, 1.82) is 0 Å². The first kappa shape index (κ1) is 13.3. The molecule has 2 rings (SSSR count). The van der Waals surface area contributed by atoms with Gasteiger partial charge in [0.1, 0.15) is 0 Å². The molecular formula is C13H28N4. The maximum Gasteiger partial charge on any atom is 0.0110 e. The van der Waals surface area contributed by atoms with Crippen molar-refractivity contribution in [1.82, 2.24) is 14.7 Å². The second kappa shape index (κ2) is 6.14. The van der Waals surface area contributed by atoms with Gasteiger partial charge >= 0.3 is 0 Å². The van der Waals surface area contributed by atoms with Crippen LogP contribution in [-0.2, 0) is 0 Å². The lowest BCUT2D eigenvalue weighted by molar-refractivity contribution is 0.122. The Morgan fingerprint density at radius 1 is 1.06 bits per heavy atom. The predicted octanol–water partition coefficient (Wildman–Crippen LogP) is -0.240. The Bertz CT molecular complexity index is 225. The molecule has 2 fully saturated rings. The third-order valence-corrected chi connectivity index (χ3v) is 4.49. The molecule has 0 aromatic rings. The molecule has 17 heavy (non-hydrogen) atoms. The van der Waals surface area contributed by atoms with Crippen LogP contribution in [0.4, 0.5) is 0 Å². The summed E-state index contributed by atoms with van der Waals surface area (Å²) in [7, 11) is 4.44. The first-order valence-corrected chi connectivity index (χ1v) is 6.98. The highest BCUT2D eigenvalue weighted by molar-refractivity contribution is 4.83. The molecule has 2 N–H and O–H groups in total. The van der Waals surface area contributed by atoms with E-state index < -0.39 is 0 Å². The van der Waals surface area contributed by atoms with E-state index in [1.165, 1.54) is 52.2 Å². The van der Waals surface area contributed by atoms with Crippen molar-refractivity contribution in [2.24, 2.45) is 17.6 Å². The summed E-state index contributed by atoms with van der Waals surface area (Å²) in [4.78, 5) is 7.46. The number of likely N-dealkylation sites (tertiary alicyclic amines) is 1. The van der Waals surface area contributed by atoms with Crippen LogP contribution in [0.3, 0.4) is 0 Å². The minimum absolute atomic E-state index is 0.698. The molecule has 4 nitrogen and oxygen atoms in total. The van der Waals surface area contributed by atoms with Crippen molar-refractivity contribution in [3.63, 3.8) is 0 Å². The van der Waals surface area contributed by atoms with E-state index in [9.17, 15) is 0 Å². The Kier molecular flexibility index (Phi) is 4.79. The summed E-state index contributed by atoms with van der Waals surface area (Å²) in [6.07, 6.45) is 1.34. The van der Waals surface area contributed by atoms with E-state index in [1.54, 1.807) is 0 Å². The molecule has 2 aliphatic rings. The minimum atomic E-state index is 0.698. The Balaban J connectivity index is 1.79. The van der Waals surface area contributed by atoms with Crippen molar-refractivity contribution >= 4 is 0 Å². The average molecular weight is 240 g/mol. The molecule has 100 valence electrons. The van der Waals surface area contributed by atoms with E-state index in [2.05, 4.69) is 28.8 Å². The van der Waals surface area contributed by atoms with E-state index in [0.29, 0.717) is 5.92 Å². The number of hydrogen-bond acceptors (Lipinski definition) is 4. The van der Waals surface area contributed by atoms with Crippen LogP contribution in [0, 0.1) is 11.8 Å². The van der Waals surface area contributed by atoms with E-state index >= 15 is 0 Å². The van der Waals surface area contributed by atoms with Gasteiger partial charge in [-0.25, -0.2) is 0 Å². The Hall–Kier alpha value is -0.160. The van der Waals surface area contributed by atoms with Gasteiger partial charge in [0.05, 0.1) is 0 Å². The topological polar surface area (TPSA) is 35.7 Å². The summed E-state index contributed by atoms with van der Waals surface area (Å²) < 4.78 is 0. The van der Waals surface area contributed by atoms with Crippen molar-refractivity contribution in [3.8, 4) is 0 Å². The van der Waals surface area contributed by atoms with Crippen LogP contribution in [0.1, 0.15) is 6.42 Å². The quantitative estimate of drug-likeness (QED) is 0.736. The van der Waals surface area contributed by atoms with Gasteiger partial charge < -0.3 is 20.4 Å². The fourth-order valence-corrected chi connectivity index (χ4v) is 3.13. The smallest absolute Gasteiger partial charge is 0.0110 e. The van der Waals surface area contributed by atoms with Gasteiger partial charge in [-0.05, 0) is 45.4 Å². The zero-order chi connectivity index (χ0) is 12.3. The van der Waals surface area contributed by atoms with E-state index in [4.69, 9.17) is 5.73 Å². The highest BCUT2D eigenvalue weighted by Crippen LogP contribution is 2.23. The molecule has 2 heterocycles. The molecule has 2 atom stereocenters. The van der Waals surface area contributed by atoms with Gasteiger partial charge in [0, 0.05) is 39.3 Å². The van der Waals surface area contributed by atoms with Crippen LogP contribution in [-0.4, -0.2) is 81.2 Å². The second-order valence-electron chi connectivity index (χ2n) is 5.91. The lowest BCUT2D eigenvalue weighted by Crippen LogP contribution is -2.48. The van der Waals surface area contributed by atoms with Crippen molar-refractivity contribution in [3.05, 3.63) is 0 Å². The third kappa shape index (κ3) is 3.65. The summed E-state index contributed by atoms with van der Waals surface area (Å²) in [6, 6.07) is 0. The maximum absolute atomic E-state index is 5.99. The molecule has 0 spiro atoms. The van der Waals surface area contributed by atoms with Crippen LogP contribution in [0.25, 0.3) is 0 Å². The van der Waals surface area contributed by atoms with Crippen molar-refractivity contribution in [2.45, 2.75) is 6.42 Å². The number of nitrogens with two attached hydrogens (primary N) is 1. The zero-order valence-electron chi connectivity index (χ0n) is 11.4. The highest BCUT2D eigenvalue weighted by Gasteiger charge is 2.28. The molecular weight excluding hydrogens is 212 g/mol. The molecule has 0 aromatic heterocycles. The molecule has 0 aliphatic carbocycles. The highest BCUT2D eigenvalue weighted by atomic mass is 15.2. The van der Waals surface area contributed by atoms with Crippen LogP contribution >= 0.6 is 0 Å². The van der Waals surface area contributed by atoms with Gasteiger partial charge in [0.2, 0.25) is 0 Å². The van der Waals surface area contributed by atoms with Crippen LogP contribution in [0.2, 0.25) is 0 Å². The summed E-state index contributed by atoms with van der Waals surface area (Å²) in [5.41, 5.74) is 5.99. The van der Waals surface area contributed by atoms with E-state index in [0.717, 1.165) is 12.5 Å². The Morgan fingerprint density at radius 3 is 2.29 bits per heavy atom. The number of rotatable bonds is 4. The van der Waals surface area contributed by atoms with Crippen molar-refractivity contribution < 1.29 is 0 Å².